The Labute approximate surface area is 92.0 Å². The lowest BCUT2D eigenvalue weighted by atomic mass is 10.2. The molecule has 1 amide bonds. The van der Waals surface area contributed by atoms with Gasteiger partial charge in [-0.25, -0.2) is 0 Å². The lowest BCUT2D eigenvalue weighted by Gasteiger charge is -2.11. The molecule has 1 fully saturated rings. The molecule has 0 spiro atoms. The molecule has 1 saturated carbocycles. The predicted octanol–water partition coefficient (Wildman–Crippen LogP) is 0.372. The fourth-order valence-corrected chi connectivity index (χ4v) is 1.94. The van der Waals surface area contributed by atoms with Crippen LogP contribution in [0.15, 0.2) is 0 Å². The number of hydrogen-bond acceptors (Lipinski definition) is 3. The van der Waals surface area contributed by atoms with Crippen LogP contribution in [-0.4, -0.2) is 31.1 Å². The van der Waals surface area contributed by atoms with Crippen molar-refractivity contribution in [3.63, 3.8) is 0 Å². The van der Waals surface area contributed by atoms with Crippen molar-refractivity contribution in [1.82, 2.24) is 10.6 Å². The second-order valence-corrected chi connectivity index (χ2v) is 4.32. The van der Waals surface area contributed by atoms with E-state index in [1.54, 1.807) is 0 Å². The van der Waals surface area contributed by atoms with Crippen molar-refractivity contribution in [2.75, 3.05) is 13.1 Å². The van der Waals surface area contributed by atoms with E-state index in [-0.39, 0.29) is 5.91 Å². The third kappa shape index (κ3) is 5.14. The van der Waals surface area contributed by atoms with E-state index in [1.807, 2.05) is 0 Å². The SMILES string of the molecule is CCCNC(=O)CCNC1CCC(N)C1. The maximum absolute atomic E-state index is 11.3. The van der Waals surface area contributed by atoms with Crippen LogP contribution in [0.3, 0.4) is 0 Å². The smallest absolute Gasteiger partial charge is 0.221 e. The zero-order valence-electron chi connectivity index (χ0n) is 9.59. The van der Waals surface area contributed by atoms with Crippen LogP contribution in [-0.2, 0) is 4.79 Å². The molecule has 0 bridgehead atoms. The predicted molar refractivity (Wildman–Crippen MR) is 61.5 cm³/mol. The summed E-state index contributed by atoms with van der Waals surface area (Å²) < 4.78 is 0. The molecule has 0 heterocycles. The van der Waals surface area contributed by atoms with Crippen molar-refractivity contribution in [2.45, 2.75) is 51.1 Å². The molecule has 2 unspecified atom stereocenters. The van der Waals surface area contributed by atoms with Crippen LogP contribution < -0.4 is 16.4 Å². The largest absolute Gasteiger partial charge is 0.356 e. The molecule has 15 heavy (non-hydrogen) atoms. The van der Waals surface area contributed by atoms with Gasteiger partial charge < -0.3 is 16.4 Å². The van der Waals surface area contributed by atoms with Crippen LogP contribution in [0.2, 0.25) is 0 Å². The first-order valence-electron chi connectivity index (χ1n) is 5.98. The summed E-state index contributed by atoms with van der Waals surface area (Å²) in [6.45, 7) is 3.61. The molecule has 0 aromatic heterocycles. The van der Waals surface area contributed by atoms with Gasteiger partial charge in [0.2, 0.25) is 5.91 Å². The van der Waals surface area contributed by atoms with E-state index < -0.39 is 0 Å². The highest BCUT2D eigenvalue weighted by atomic mass is 16.1. The summed E-state index contributed by atoms with van der Waals surface area (Å²) in [5, 5.41) is 6.24. The van der Waals surface area contributed by atoms with Crippen LogP contribution >= 0.6 is 0 Å². The van der Waals surface area contributed by atoms with Gasteiger partial charge in [0.05, 0.1) is 0 Å². The molecule has 0 aliphatic heterocycles. The Morgan fingerprint density at radius 1 is 1.40 bits per heavy atom. The van der Waals surface area contributed by atoms with E-state index in [0.717, 1.165) is 38.8 Å². The average molecular weight is 213 g/mol. The van der Waals surface area contributed by atoms with Gasteiger partial charge in [-0.3, -0.25) is 4.79 Å². The topological polar surface area (TPSA) is 67.2 Å². The molecule has 0 aromatic carbocycles. The molecular formula is C11H23N3O. The molecule has 1 aliphatic carbocycles. The standard InChI is InChI=1S/C11H23N3O/c1-2-6-14-11(15)5-7-13-10-4-3-9(12)8-10/h9-10,13H,2-8,12H2,1H3,(H,14,15). The van der Waals surface area contributed by atoms with E-state index in [9.17, 15) is 4.79 Å². The summed E-state index contributed by atoms with van der Waals surface area (Å²) in [6, 6.07) is 0.885. The molecule has 4 nitrogen and oxygen atoms in total. The lowest BCUT2D eigenvalue weighted by molar-refractivity contribution is -0.121. The second-order valence-electron chi connectivity index (χ2n) is 4.32. The van der Waals surface area contributed by atoms with Gasteiger partial charge in [-0.05, 0) is 25.7 Å². The Kier molecular flexibility index (Phi) is 5.65. The molecular weight excluding hydrogens is 190 g/mol. The number of nitrogens with one attached hydrogen (secondary N) is 2. The fraction of sp³-hybridized carbons (Fsp3) is 0.909. The summed E-state index contributed by atoms with van der Waals surface area (Å²) in [6.07, 6.45) is 4.89. The lowest BCUT2D eigenvalue weighted by Crippen LogP contribution is -2.33. The first kappa shape index (κ1) is 12.5. The quantitative estimate of drug-likeness (QED) is 0.597. The first-order valence-corrected chi connectivity index (χ1v) is 5.98. The fourth-order valence-electron chi connectivity index (χ4n) is 1.94. The van der Waals surface area contributed by atoms with Crippen molar-refractivity contribution in [3.05, 3.63) is 0 Å². The summed E-state index contributed by atoms with van der Waals surface area (Å²) in [4.78, 5) is 11.3. The normalized spacial score (nSPS) is 25.5. The third-order valence-electron chi connectivity index (χ3n) is 2.83. The molecule has 0 saturated heterocycles. The minimum Gasteiger partial charge on any atom is -0.356 e. The van der Waals surface area contributed by atoms with Gasteiger partial charge in [0.15, 0.2) is 0 Å². The Bertz CT molecular complexity index is 196. The van der Waals surface area contributed by atoms with Gasteiger partial charge in [-0.2, -0.15) is 0 Å². The molecule has 2 atom stereocenters. The second kappa shape index (κ2) is 6.80. The number of hydrogen-bond donors (Lipinski definition) is 3. The average Bonchev–Trinajstić information content (AvgIpc) is 2.61. The highest BCUT2D eigenvalue weighted by molar-refractivity contribution is 5.75. The number of carbonyl (C=O) groups is 1. The Balaban J connectivity index is 1.98. The molecule has 88 valence electrons. The maximum Gasteiger partial charge on any atom is 0.221 e. The van der Waals surface area contributed by atoms with Crippen LogP contribution in [0.4, 0.5) is 0 Å². The van der Waals surface area contributed by atoms with Crippen LogP contribution in [0, 0.1) is 0 Å². The highest BCUT2D eigenvalue weighted by Gasteiger charge is 2.20. The van der Waals surface area contributed by atoms with Crippen LogP contribution in [0.25, 0.3) is 0 Å². The van der Waals surface area contributed by atoms with E-state index >= 15 is 0 Å². The van der Waals surface area contributed by atoms with E-state index in [0.29, 0.717) is 18.5 Å². The van der Waals surface area contributed by atoms with E-state index in [2.05, 4.69) is 17.6 Å². The molecule has 1 aliphatic rings. The Morgan fingerprint density at radius 2 is 2.20 bits per heavy atom. The highest BCUT2D eigenvalue weighted by Crippen LogP contribution is 2.16. The van der Waals surface area contributed by atoms with Crippen molar-refractivity contribution >= 4 is 5.91 Å². The zero-order valence-corrected chi connectivity index (χ0v) is 9.59. The number of amides is 1. The summed E-state index contributed by atoms with van der Waals surface area (Å²) in [7, 11) is 0. The number of nitrogens with two attached hydrogens (primary N) is 1. The van der Waals surface area contributed by atoms with E-state index in [4.69, 9.17) is 5.73 Å². The van der Waals surface area contributed by atoms with Gasteiger partial charge in [0.25, 0.3) is 0 Å². The van der Waals surface area contributed by atoms with Gasteiger partial charge >= 0.3 is 0 Å². The van der Waals surface area contributed by atoms with Crippen LogP contribution in [0.5, 0.6) is 0 Å². The van der Waals surface area contributed by atoms with E-state index in [1.165, 1.54) is 0 Å². The number of carbonyl (C=O) groups excluding carboxylic acids is 1. The third-order valence-corrected chi connectivity index (χ3v) is 2.83. The maximum atomic E-state index is 11.3. The summed E-state index contributed by atoms with van der Waals surface area (Å²) in [5.74, 6) is 0.145. The van der Waals surface area contributed by atoms with Crippen LogP contribution in [0.1, 0.15) is 39.0 Å². The van der Waals surface area contributed by atoms with Crippen molar-refractivity contribution < 1.29 is 4.79 Å². The summed E-state index contributed by atoms with van der Waals surface area (Å²) >= 11 is 0. The molecule has 4 heteroatoms. The van der Waals surface area contributed by atoms with Gasteiger partial charge in [-0.1, -0.05) is 6.92 Å². The molecule has 0 radical (unpaired) electrons. The minimum absolute atomic E-state index is 0.145. The minimum atomic E-state index is 0.145. The molecule has 1 rings (SSSR count). The molecule has 4 N–H and O–H groups in total. The van der Waals surface area contributed by atoms with Gasteiger partial charge in [0.1, 0.15) is 0 Å². The first-order chi connectivity index (χ1) is 7.22. The van der Waals surface area contributed by atoms with Crippen molar-refractivity contribution in [1.29, 1.82) is 0 Å². The van der Waals surface area contributed by atoms with Crippen molar-refractivity contribution in [3.8, 4) is 0 Å². The Hall–Kier alpha value is -0.610. The van der Waals surface area contributed by atoms with Crippen molar-refractivity contribution in [2.24, 2.45) is 5.73 Å². The monoisotopic (exact) mass is 213 g/mol. The number of rotatable bonds is 6. The Morgan fingerprint density at radius 3 is 2.80 bits per heavy atom. The summed E-state index contributed by atoms with van der Waals surface area (Å²) in [5.41, 5.74) is 5.80. The van der Waals surface area contributed by atoms with Gasteiger partial charge in [0, 0.05) is 31.6 Å². The molecule has 0 aromatic rings. The van der Waals surface area contributed by atoms with Gasteiger partial charge in [-0.15, -0.1) is 0 Å². The zero-order chi connectivity index (χ0) is 11.1.